The number of anilines is 1. The second-order valence-corrected chi connectivity index (χ2v) is 5.93. The highest BCUT2D eigenvalue weighted by Crippen LogP contribution is 2.28. The minimum atomic E-state index is -0.372. The van der Waals surface area contributed by atoms with Crippen LogP contribution in [0.3, 0.4) is 0 Å². The molecular weight excluding hydrogens is 340 g/mol. The van der Waals surface area contributed by atoms with Crippen LogP contribution in [0.1, 0.15) is 10.4 Å². The van der Waals surface area contributed by atoms with Crippen LogP contribution in [0.5, 0.6) is 0 Å². The maximum absolute atomic E-state index is 11.6. The van der Waals surface area contributed by atoms with Crippen LogP contribution in [0.2, 0.25) is 0 Å². The Hall–Kier alpha value is -3.80. The van der Waals surface area contributed by atoms with Gasteiger partial charge in [-0.1, -0.05) is 42.5 Å². The van der Waals surface area contributed by atoms with Crippen molar-refractivity contribution in [2.45, 2.75) is 0 Å². The van der Waals surface area contributed by atoms with Crippen LogP contribution in [0.15, 0.2) is 66.7 Å². The van der Waals surface area contributed by atoms with Crippen molar-refractivity contribution in [2.75, 3.05) is 12.8 Å². The zero-order valence-corrected chi connectivity index (χ0v) is 14.6. The number of rotatable bonds is 3. The van der Waals surface area contributed by atoms with Gasteiger partial charge >= 0.3 is 5.97 Å². The summed E-state index contributed by atoms with van der Waals surface area (Å²) in [6.07, 6.45) is 0. The first-order valence-electron chi connectivity index (χ1n) is 8.34. The third-order valence-corrected chi connectivity index (χ3v) is 4.21. The topological polar surface area (TPSA) is 91.0 Å². The number of methoxy groups -OCH3 is 1. The van der Waals surface area contributed by atoms with E-state index in [1.54, 1.807) is 12.1 Å². The van der Waals surface area contributed by atoms with E-state index >= 15 is 0 Å². The van der Waals surface area contributed by atoms with E-state index in [0.717, 1.165) is 16.8 Å². The molecule has 0 aliphatic heterocycles. The van der Waals surface area contributed by atoms with Gasteiger partial charge in [-0.05, 0) is 24.3 Å². The average Bonchev–Trinajstić information content (AvgIpc) is 2.73. The zero-order valence-electron chi connectivity index (χ0n) is 14.6. The van der Waals surface area contributed by atoms with Crippen molar-refractivity contribution < 1.29 is 9.53 Å². The van der Waals surface area contributed by atoms with E-state index in [4.69, 9.17) is 15.5 Å². The molecule has 0 atom stereocenters. The normalized spacial score (nSPS) is 10.7. The van der Waals surface area contributed by atoms with Gasteiger partial charge in [-0.2, -0.15) is 0 Å². The number of nitrogens with two attached hydrogens (primary N) is 1. The molecule has 0 spiro atoms. The second kappa shape index (κ2) is 6.84. The maximum atomic E-state index is 11.6. The van der Waals surface area contributed by atoms with E-state index in [0.29, 0.717) is 22.3 Å². The van der Waals surface area contributed by atoms with Crippen molar-refractivity contribution in [2.24, 2.45) is 0 Å². The summed E-state index contributed by atoms with van der Waals surface area (Å²) in [5.41, 5.74) is 10.9. The molecule has 0 fully saturated rings. The Balaban J connectivity index is 1.84. The van der Waals surface area contributed by atoms with Gasteiger partial charge in [-0.3, -0.25) is 0 Å². The van der Waals surface area contributed by atoms with Gasteiger partial charge in [-0.25, -0.2) is 19.7 Å². The third kappa shape index (κ3) is 3.20. The van der Waals surface area contributed by atoms with Crippen LogP contribution >= 0.6 is 0 Å². The number of ether oxygens (including phenoxy) is 1. The molecule has 0 saturated heterocycles. The summed E-state index contributed by atoms with van der Waals surface area (Å²) in [4.78, 5) is 25.0. The number of nitrogen functional groups attached to an aromatic ring is 1. The van der Waals surface area contributed by atoms with Gasteiger partial charge in [-0.15, -0.1) is 0 Å². The highest BCUT2D eigenvalue weighted by molar-refractivity contribution is 5.92. The van der Waals surface area contributed by atoms with Crippen molar-refractivity contribution in [3.63, 3.8) is 0 Å². The molecule has 2 aromatic carbocycles. The highest BCUT2D eigenvalue weighted by Gasteiger charge is 2.12. The first-order valence-corrected chi connectivity index (χ1v) is 8.34. The zero-order chi connectivity index (χ0) is 18.8. The molecule has 132 valence electrons. The Kier molecular flexibility index (Phi) is 4.22. The smallest absolute Gasteiger partial charge is 0.337 e. The molecule has 27 heavy (non-hydrogen) atoms. The lowest BCUT2D eigenvalue weighted by Crippen LogP contribution is -2.01. The van der Waals surface area contributed by atoms with E-state index in [2.05, 4.69) is 9.97 Å². The van der Waals surface area contributed by atoms with Crippen LogP contribution in [-0.4, -0.2) is 28.0 Å². The molecule has 2 N–H and O–H groups in total. The fraction of sp³-hybridized carbons (Fsp3) is 0.0476. The van der Waals surface area contributed by atoms with Gasteiger partial charge in [0.15, 0.2) is 0 Å². The van der Waals surface area contributed by atoms with Crippen LogP contribution in [0, 0.1) is 0 Å². The molecule has 0 bridgehead atoms. The maximum Gasteiger partial charge on any atom is 0.337 e. The Bertz CT molecular complexity index is 1130. The number of nitrogens with zero attached hydrogens (tertiary/aromatic N) is 3. The largest absolute Gasteiger partial charge is 0.465 e. The molecule has 4 rings (SSSR count). The van der Waals surface area contributed by atoms with E-state index in [1.807, 2.05) is 54.6 Å². The molecule has 0 radical (unpaired) electrons. The molecule has 0 aliphatic carbocycles. The Labute approximate surface area is 155 Å². The van der Waals surface area contributed by atoms with Crippen LogP contribution in [0.4, 0.5) is 5.95 Å². The number of pyridine rings is 1. The van der Waals surface area contributed by atoms with Gasteiger partial charge in [0, 0.05) is 11.1 Å². The lowest BCUT2D eigenvalue weighted by Gasteiger charge is -2.09. The molecule has 0 saturated carbocycles. The van der Waals surface area contributed by atoms with Crippen molar-refractivity contribution in [1.82, 2.24) is 15.0 Å². The van der Waals surface area contributed by atoms with Gasteiger partial charge in [0.05, 0.1) is 23.9 Å². The first-order chi connectivity index (χ1) is 13.2. The summed E-state index contributed by atoms with van der Waals surface area (Å²) in [6, 6.07) is 20.6. The minimum Gasteiger partial charge on any atom is -0.465 e. The average molecular weight is 356 g/mol. The van der Waals surface area contributed by atoms with Gasteiger partial charge in [0.1, 0.15) is 11.2 Å². The Morgan fingerprint density at radius 3 is 2.30 bits per heavy atom. The molecule has 0 amide bonds. The second-order valence-electron chi connectivity index (χ2n) is 5.93. The van der Waals surface area contributed by atoms with Crippen LogP contribution < -0.4 is 5.73 Å². The number of hydrogen-bond donors (Lipinski definition) is 1. The number of aromatic nitrogens is 3. The molecular formula is C21H16N4O2. The molecule has 0 aliphatic rings. The minimum absolute atomic E-state index is 0.207. The summed E-state index contributed by atoms with van der Waals surface area (Å²) in [7, 11) is 1.36. The van der Waals surface area contributed by atoms with Crippen molar-refractivity contribution >= 4 is 23.0 Å². The van der Waals surface area contributed by atoms with Crippen LogP contribution in [-0.2, 0) is 4.74 Å². The molecule has 2 heterocycles. The number of carbonyl (C=O) groups excluding carboxylic acids is 1. The summed E-state index contributed by atoms with van der Waals surface area (Å²) in [5.74, 6) is -0.165. The predicted molar refractivity (Wildman–Crippen MR) is 104 cm³/mol. The quantitative estimate of drug-likeness (QED) is 0.563. The standard InChI is InChI=1S/C21H16N4O2/c1-27-20(26)15-9-7-13(8-10-15)16-11-12-17-19(23-16)18(25-21(22)24-17)14-5-3-2-4-6-14/h2-12H,1H3,(H2,22,24,25). The SMILES string of the molecule is COC(=O)c1ccc(-c2ccc3nc(N)nc(-c4ccccc4)c3n2)cc1. The molecule has 6 nitrogen and oxygen atoms in total. The van der Waals surface area contributed by atoms with Gasteiger partial charge < -0.3 is 10.5 Å². The van der Waals surface area contributed by atoms with Crippen molar-refractivity contribution in [3.8, 4) is 22.5 Å². The molecule has 2 aromatic heterocycles. The Morgan fingerprint density at radius 2 is 1.59 bits per heavy atom. The highest BCUT2D eigenvalue weighted by atomic mass is 16.5. The summed E-state index contributed by atoms with van der Waals surface area (Å²) < 4.78 is 4.73. The summed E-state index contributed by atoms with van der Waals surface area (Å²) in [5, 5.41) is 0. The van der Waals surface area contributed by atoms with Gasteiger partial charge in [0.25, 0.3) is 0 Å². The van der Waals surface area contributed by atoms with Crippen LogP contribution in [0.25, 0.3) is 33.5 Å². The lowest BCUT2D eigenvalue weighted by atomic mass is 10.1. The summed E-state index contributed by atoms with van der Waals surface area (Å²) >= 11 is 0. The lowest BCUT2D eigenvalue weighted by molar-refractivity contribution is 0.0601. The van der Waals surface area contributed by atoms with Crippen molar-refractivity contribution in [3.05, 3.63) is 72.3 Å². The number of fused-ring (bicyclic) bond motifs is 1. The van der Waals surface area contributed by atoms with E-state index in [9.17, 15) is 4.79 Å². The van der Waals surface area contributed by atoms with E-state index in [1.165, 1.54) is 7.11 Å². The predicted octanol–water partition coefficient (Wildman–Crippen LogP) is 3.73. The number of hydrogen-bond acceptors (Lipinski definition) is 6. The number of esters is 1. The molecule has 6 heteroatoms. The molecule has 4 aromatic rings. The fourth-order valence-electron chi connectivity index (χ4n) is 2.89. The number of carbonyl (C=O) groups is 1. The van der Waals surface area contributed by atoms with E-state index < -0.39 is 0 Å². The fourth-order valence-corrected chi connectivity index (χ4v) is 2.89. The Morgan fingerprint density at radius 1 is 0.852 bits per heavy atom. The summed E-state index contributed by atoms with van der Waals surface area (Å²) in [6.45, 7) is 0. The van der Waals surface area contributed by atoms with E-state index in [-0.39, 0.29) is 11.9 Å². The number of benzene rings is 2. The first kappa shape index (κ1) is 16.7. The van der Waals surface area contributed by atoms with Gasteiger partial charge in [0.2, 0.25) is 5.95 Å². The van der Waals surface area contributed by atoms with Crippen molar-refractivity contribution in [1.29, 1.82) is 0 Å². The monoisotopic (exact) mass is 356 g/mol. The third-order valence-electron chi connectivity index (χ3n) is 4.21. The molecule has 0 unspecified atom stereocenters.